The Kier molecular flexibility index (Phi) is 7.96. The van der Waals surface area contributed by atoms with E-state index in [1.165, 1.54) is 0 Å². The number of nitrogens with zero attached hydrogens (tertiary/aromatic N) is 1. The van der Waals surface area contributed by atoms with Crippen LogP contribution in [0.25, 0.3) is 11.1 Å². The molecule has 1 aliphatic heterocycles. The second-order valence-corrected chi connectivity index (χ2v) is 10.3. The molecule has 0 spiro atoms. The lowest BCUT2D eigenvalue weighted by Crippen LogP contribution is -2.45. The zero-order chi connectivity index (χ0) is 28.0. The minimum atomic E-state index is -0.813. The van der Waals surface area contributed by atoms with E-state index in [0.717, 1.165) is 46.6 Å². The van der Waals surface area contributed by atoms with Gasteiger partial charge in [-0.05, 0) is 52.1 Å². The summed E-state index contributed by atoms with van der Waals surface area (Å²) in [5.74, 6) is -0.360. The van der Waals surface area contributed by atoms with E-state index in [0.29, 0.717) is 25.3 Å². The zero-order valence-electron chi connectivity index (χ0n) is 22.8. The first-order valence-corrected chi connectivity index (χ1v) is 14.0. The number of nitrogens with one attached hydrogen (secondary N) is 2. The van der Waals surface area contributed by atoms with Gasteiger partial charge in [0.1, 0.15) is 12.6 Å². The fourth-order valence-electron chi connectivity index (χ4n) is 5.65. The number of morpholine rings is 1. The van der Waals surface area contributed by atoms with Gasteiger partial charge in [0.2, 0.25) is 5.91 Å². The van der Waals surface area contributed by atoms with E-state index in [-0.39, 0.29) is 18.4 Å². The number of carbonyl (C=O) groups is 2. The van der Waals surface area contributed by atoms with Crippen molar-refractivity contribution in [2.75, 3.05) is 43.1 Å². The summed E-state index contributed by atoms with van der Waals surface area (Å²) in [5, 5.41) is 5.79. The van der Waals surface area contributed by atoms with Crippen molar-refractivity contribution in [1.29, 1.82) is 0 Å². The minimum absolute atomic E-state index is 0.0560. The first-order chi connectivity index (χ1) is 20.2. The topological polar surface area (TPSA) is 79.9 Å². The molecule has 1 saturated heterocycles. The number of amides is 2. The highest BCUT2D eigenvalue weighted by Crippen LogP contribution is 2.44. The van der Waals surface area contributed by atoms with Crippen LogP contribution in [0, 0.1) is 0 Å². The number of carbonyl (C=O) groups excluding carboxylic acids is 2. The van der Waals surface area contributed by atoms with Crippen molar-refractivity contribution in [2.45, 2.75) is 18.4 Å². The van der Waals surface area contributed by atoms with Crippen LogP contribution in [0.2, 0.25) is 0 Å². The van der Waals surface area contributed by atoms with Crippen LogP contribution >= 0.6 is 0 Å². The second-order valence-electron chi connectivity index (χ2n) is 10.3. The Morgan fingerprint density at radius 3 is 2.07 bits per heavy atom. The third kappa shape index (κ3) is 6.10. The Morgan fingerprint density at radius 1 is 0.805 bits per heavy atom. The summed E-state index contributed by atoms with van der Waals surface area (Å²) in [6.45, 7) is 3.29. The van der Waals surface area contributed by atoms with E-state index in [1.54, 1.807) is 0 Å². The van der Waals surface area contributed by atoms with Crippen LogP contribution in [0.1, 0.15) is 22.6 Å². The van der Waals surface area contributed by atoms with Gasteiger partial charge in [-0.25, -0.2) is 4.79 Å². The van der Waals surface area contributed by atoms with Crippen LogP contribution in [-0.2, 0) is 20.7 Å². The summed E-state index contributed by atoms with van der Waals surface area (Å²) >= 11 is 0. The number of benzene rings is 4. The molecule has 1 aliphatic carbocycles. The Bertz CT molecular complexity index is 1450. The number of rotatable bonds is 8. The highest BCUT2D eigenvalue weighted by Gasteiger charge is 2.30. The fourth-order valence-corrected chi connectivity index (χ4v) is 5.65. The van der Waals surface area contributed by atoms with Crippen molar-refractivity contribution in [1.82, 2.24) is 5.32 Å². The van der Waals surface area contributed by atoms with Gasteiger partial charge < -0.3 is 25.0 Å². The molecule has 0 saturated carbocycles. The van der Waals surface area contributed by atoms with Crippen molar-refractivity contribution in [3.63, 3.8) is 0 Å². The Balaban J connectivity index is 1.13. The third-order valence-corrected chi connectivity index (χ3v) is 7.75. The molecule has 2 amide bonds. The molecule has 1 heterocycles. The van der Waals surface area contributed by atoms with Crippen molar-refractivity contribution < 1.29 is 19.1 Å². The lowest BCUT2D eigenvalue weighted by Gasteiger charge is -2.29. The van der Waals surface area contributed by atoms with Gasteiger partial charge in [0.25, 0.3) is 0 Å². The minimum Gasteiger partial charge on any atom is -0.449 e. The second kappa shape index (κ2) is 12.3. The molecule has 0 bridgehead atoms. The van der Waals surface area contributed by atoms with Gasteiger partial charge in [0.15, 0.2) is 0 Å². The third-order valence-electron chi connectivity index (χ3n) is 7.75. The quantitative estimate of drug-likeness (QED) is 0.300. The molecule has 208 valence electrons. The molecule has 41 heavy (non-hydrogen) atoms. The van der Waals surface area contributed by atoms with Gasteiger partial charge in [-0.3, -0.25) is 4.79 Å². The standard InChI is InChI=1S/C34H33N3O4/c38-33(35-25-14-16-26(17-15-25)37-18-20-40-21-19-37)32(22-24-8-2-1-3-9-24)36-34(39)41-23-31-29-12-6-4-10-27(29)28-11-5-7-13-30(28)31/h1-17,31-32H,18-23H2,(H,35,38)(H,36,39)/t32-/m1/s1. The molecule has 1 fully saturated rings. The number of hydrogen-bond donors (Lipinski definition) is 2. The maximum Gasteiger partial charge on any atom is 0.407 e. The van der Waals surface area contributed by atoms with E-state index in [4.69, 9.17) is 9.47 Å². The number of hydrogen-bond acceptors (Lipinski definition) is 5. The lowest BCUT2D eigenvalue weighted by atomic mass is 9.98. The number of anilines is 2. The predicted octanol–water partition coefficient (Wildman–Crippen LogP) is 5.61. The van der Waals surface area contributed by atoms with Gasteiger partial charge in [0, 0.05) is 36.8 Å². The molecule has 7 heteroatoms. The fraction of sp³-hybridized carbons (Fsp3) is 0.235. The Morgan fingerprint density at radius 2 is 1.41 bits per heavy atom. The molecule has 4 aromatic rings. The van der Waals surface area contributed by atoms with Gasteiger partial charge in [-0.2, -0.15) is 0 Å². The molecule has 7 nitrogen and oxygen atoms in total. The summed E-state index contributed by atoms with van der Waals surface area (Å²) < 4.78 is 11.2. The highest BCUT2D eigenvalue weighted by atomic mass is 16.5. The molecule has 6 rings (SSSR count). The molecule has 1 atom stereocenters. The maximum atomic E-state index is 13.4. The molecule has 0 unspecified atom stereocenters. The van der Waals surface area contributed by atoms with Crippen LogP contribution in [0.4, 0.5) is 16.2 Å². The molecule has 4 aromatic carbocycles. The molecule has 2 N–H and O–H groups in total. The molecular formula is C34H33N3O4. The van der Waals surface area contributed by atoms with Crippen LogP contribution in [0.15, 0.2) is 103 Å². The predicted molar refractivity (Wildman–Crippen MR) is 160 cm³/mol. The smallest absolute Gasteiger partial charge is 0.407 e. The van der Waals surface area contributed by atoms with Gasteiger partial charge in [-0.1, -0.05) is 78.9 Å². The van der Waals surface area contributed by atoms with Gasteiger partial charge >= 0.3 is 6.09 Å². The van der Waals surface area contributed by atoms with E-state index in [1.807, 2.05) is 78.9 Å². The number of fused-ring (bicyclic) bond motifs is 3. The summed E-state index contributed by atoms with van der Waals surface area (Å²) in [6.07, 6.45) is -0.284. The monoisotopic (exact) mass is 547 g/mol. The zero-order valence-corrected chi connectivity index (χ0v) is 22.8. The van der Waals surface area contributed by atoms with Crippen molar-refractivity contribution >= 4 is 23.4 Å². The lowest BCUT2D eigenvalue weighted by molar-refractivity contribution is -0.118. The Hall–Kier alpha value is -4.62. The van der Waals surface area contributed by atoms with Crippen LogP contribution in [0.5, 0.6) is 0 Å². The number of alkyl carbamates (subject to hydrolysis) is 1. The van der Waals surface area contributed by atoms with Crippen LogP contribution in [-0.4, -0.2) is 51.0 Å². The number of ether oxygens (including phenoxy) is 2. The van der Waals surface area contributed by atoms with Gasteiger partial charge in [0.05, 0.1) is 13.2 Å². The van der Waals surface area contributed by atoms with E-state index in [2.05, 4.69) is 39.8 Å². The van der Waals surface area contributed by atoms with E-state index < -0.39 is 12.1 Å². The van der Waals surface area contributed by atoms with Crippen molar-refractivity contribution in [3.8, 4) is 11.1 Å². The average Bonchev–Trinajstić information content (AvgIpc) is 3.34. The summed E-state index contributed by atoms with van der Waals surface area (Å²) in [6, 6.07) is 33.0. The molecule has 0 aromatic heterocycles. The largest absolute Gasteiger partial charge is 0.449 e. The van der Waals surface area contributed by atoms with E-state index >= 15 is 0 Å². The first kappa shape index (κ1) is 26.6. The van der Waals surface area contributed by atoms with Crippen LogP contribution in [0.3, 0.4) is 0 Å². The SMILES string of the molecule is O=C(N[C@H](Cc1ccccc1)C(=O)Nc1ccc(N2CCOCC2)cc1)OCC1c2ccccc2-c2ccccc21. The summed E-state index contributed by atoms with van der Waals surface area (Å²) in [5.41, 5.74) is 7.30. The Labute approximate surface area is 240 Å². The van der Waals surface area contributed by atoms with Crippen LogP contribution < -0.4 is 15.5 Å². The normalized spacial score (nSPS) is 15.0. The maximum absolute atomic E-state index is 13.4. The van der Waals surface area contributed by atoms with Gasteiger partial charge in [-0.15, -0.1) is 0 Å². The average molecular weight is 548 g/mol. The molecule has 2 aliphatic rings. The summed E-state index contributed by atoms with van der Waals surface area (Å²) in [4.78, 5) is 28.7. The van der Waals surface area contributed by atoms with Crippen molar-refractivity contribution in [3.05, 3.63) is 120 Å². The summed E-state index contributed by atoms with van der Waals surface area (Å²) in [7, 11) is 0. The molecular weight excluding hydrogens is 514 g/mol. The van der Waals surface area contributed by atoms with E-state index in [9.17, 15) is 9.59 Å². The highest BCUT2D eigenvalue weighted by molar-refractivity contribution is 5.97. The van der Waals surface area contributed by atoms with Crippen molar-refractivity contribution in [2.24, 2.45) is 0 Å². The first-order valence-electron chi connectivity index (χ1n) is 14.0. The molecule has 0 radical (unpaired) electrons.